The largest absolute Gasteiger partial charge is 0.330 e. The van der Waals surface area contributed by atoms with Gasteiger partial charge in [0.2, 0.25) is 0 Å². The molecule has 23 heavy (non-hydrogen) atoms. The van der Waals surface area contributed by atoms with Crippen LogP contribution >= 0.6 is 11.6 Å². The number of halogens is 1. The number of benzene rings is 2. The van der Waals surface area contributed by atoms with E-state index in [1.54, 1.807) is 30.0 Å². The minimum absolute atomic E-state index is 0.469. The lowest BCUT2D eigenvalue weighted by Gasteiger charge is -2.28. The Morgan fingerprint density at radius 3 is 2.61 bits per heavy atom. The van der Waals surface area contributed by atoms with Crippen LogP contribution in [0.25, 0.3) is 0 Å². The number of nitrogens with one attached hydrogen (secondary N) is 1. The lowest BCUT2D eigenvalue weighted by Crippen LogP contribution is -2.42. The van der Waals surface area contributed by atoms with E-state index >= 15 is 0 Å². The Kier molecular flexibility index (Phi) is 4.35. The van der Waals surface area contributed by atoms with Crippen molar-refractivity contribution in [2.75, 3.05) is 11.9 Å². The Morgan fingerprint density at radius 2 is 1.83 bits per heavy atom. The molecule has 5 heteroatoms. The second kappa shape index (κ2) is 6.42. The lowest BCUT2D eigenvalue weighted by atomic mass is 10.00. The fraction of sp³-hybridized carbons (Fsp3) is 0.222. The molecule has 0 unspecified atom stereocenters. The lowest BCUT2D eigenvalue weighted by molar-refractivity contribution is -0.143. The van der Waals surface area contributed by atoms with E-state index in [9.17, 15) is 9.59 Å². The highest BCUT2D eigenvalue weighted by Gasteiger charge is 2.26. The minimum Gasteiger partial charge on any atom is -0.330 e. The van der Waals surface area contributed by atoms with Crippen molar-refractivity contribution in [1.29, 1.82) is 0 Å². The van der Waals surface area contributed by atoms with Gasteiger partial charge in [0.25, 0.3) is 0 Å². The summed E-state index contributed by atoms with van der Waals surface area (Å²) in [6.07, 6.45) is 0.769. The molecule has 1 N–H and O–H groups in total. The molecule has 1 aliphatic rings. The van der Waals surface area contributed by atoms with Crippen molar-refractivity contribution in [1.82, 2.24) is 4.90 Å². The maximum atomic E-state index is 12.4. The summed E-state index contributed by atoms with van der Waals surface area (Å²) in [5.74, 6) is -1.14. The van der Waals surface area contributed by atoms with Gasteiger partial charge < -0.3 is 10.2 Å². The summed E-state index contributed by atoms with van der Waals surface area (Å²) in [4.78, 5) is 26.2. The maximum absolute atomic E-state index is 12.4. The Labute approximate surface area is 140 Å². The monoisotopic (exact) mass is 328 g/mol. The molecular formula is C18H17ClN2O2. The summed E-state index contributed by atoms with van der Waals surface area (Å²) in [7, 11) is 0. The Hall–Kier alpha value is -2.33. The summed E-state index contributed by atoms with van der Waals surface area (Å²) in [6, 6.07) is 13.2. The third kappa shape index (κ3) is 3.22. The molecule has 2 aromatic rings. The quantitative estimate of drug-likeness (QED) is 0.817. The first-order valence-corrected chi connectivity index (χ1v) is 7.86. The zero-order chi connectivity index (χ0) is 16.4. The summed E-state index contributed by atoms with van der Waals surface area (Å²) >= 11 is 6.04. The molecule has 118 valence electrons. The van der Waals surface area contributed by atoms with Crippen molar-refractivity contribution in [3.8, 4) is 0 Å². The van der Waals surface area contributed by atoms with Crippen molar-refractivity contribution in [2.45, 2.75) is 19.9 Å². The minimum atomic E-state index is -0.630. The van der Waals surface area contributed by atoms with Gasteiger partial charge in [-0.15, -0.1) is 0 Å². The van der Waals surface area contributed by atoms with Gasteiger partial charge in [0.15, 0.2) is 0 Å². The summed E-state index contributed by atoms with van der Waals surface area (Å²) < 4.78 is 0. The topological polar surface area (TPSA) is 49.4 Å². The zero-order valence-electron chi connectivity index (χ0n) is 12.8. The number of fused-ring (bicyclic) bond motifs is 1. The third-order valence-electron chi connectivity index (χ3n) is 4.13. The SMILES string of the molecule is Cc1c(Cl)cccc1NC(=O)C(=O)N1CCc2ccccc2C1. The molecule has 0 spiro atoms. The summed E-state index contributed by atoms with van der Waals surface area (Å²) in [5, 5.41) is 3.22. The van der Waals surface area contributed by atoms with Gasteiger partial charge in [-0.3, -0.25) is 9.59 Å². The molecule has 2 aromatic carbocycles. The number of nitrogens with zero attached hydrogens (tertiary/aromatic N) is 1. The maximum Gasteiger partial charge on any atom is 0.313 e. The van der Waals surface area contributed by atoms with E-state index < -0.39 is 11.8 Å². The average Bonchev–Trinajstić information content (AvgIpc) is 2.57. The van der Waals surface area contributed by atoms with Crippen molar-refractivity contribution in [3.05, 3.63) is 64.2 Å². The Balaban J connectivity index is 1.71. The van der Waals surface area contributed by atoms with Crippen molar-refractivity contribution < 1.29 is 9.59 Å². The first kappa shape index (κ1) is 15.6. The molecule has 0 saturated carbocycles. The van der Waals surface area contributed by atoms with Gasteiger partial charge in [0.1, 0.15) is 0 Å². The molecule has 0 atom stereocenters. The number of anilines is 1. The van der Waals surface area contributed by atoms with Crippen LogP contribution in [0.1, 0.15) is 16.7 Å². The van der Waals surface area contributed by atoms with Crippen LogP contribution in [0.2, 0.25) is 5.02 Å². The molecular weight excluding hydrogens is 312 g/mol. The van der Waals surface area contributed by atoms with Gasteiger partial charge in [0.05, 0.1) is 0 Å². The third-order valence-corrected chi connectivity index (χ3v) is 4.54. The van der Waals surface area contributed by atoms with E-state index in [0.29, 0.717) is 23.8 Å². The molecule has 2 amide bonds. The number of carbonyl (C=O) groups excluding carboxylic acids is 2. The van der Waals surface area contributed by atoms with Gasteiger partial charge in [-0.05, 0) is 42.2 Å². The zero-order valence-corrected chi connectivity index (χ0v) is 13.6. The van der Waals surface area contributed by atoms with E-state index in [1.165, 1.54) is 5.56 Å². The van der Waals surface area contributed by atoms with Crippen molar-refractivity contribution in [2.24, 2.45) is 0 Å². The van der Waals surface area contributed by atoms with Crippen LogP contribution in [0, 0.1) is 6.92 Å². The highest BCUT2D eigenvalue weighted by Crippen LogP contribution is 2.23. The number of hydrogen-bond acceptors (Lipinski definition) is 2. The highest BCUT2D eigenvalue weighted by atomic mass is 35.5. The number of rotatable bonds is 1. The molecule has 1 heterocycles. The van der Waals surface area contributed by atoms with Crippen LogP contribution < -0.4 is 5.32 Å². The highest BCUT2D eigenvalue weighted by molar-refractivity contribution is 6.40. The molecule has 1 aliphatic heterocycles. The van der Waals surface area contributed by atoms with Gasteiger partial charge in [-0.25, -0.2) is 0 Å². The molecule has 0 bridgehead atoms. The first-order chi connectivity index (χ1) is 11.1. The molecule has 0 saturated heterocycles. The molecule has 0 radical (unpaired) electrons. The van der Waals surface area contributed by atoms with E-state index in [2.05, 4.69) is 11.4 Å². The second-order valence-corrected chi connectivity index (χ2v) is 6.02. The second-order valence-electron chi connectivity index (χ2n) is 5.61. The van der Waals surface area contributed by atoms with Gasteiger partial charge >= 0.3 is 11.8 Å². The van der Waals surface area contributed by atoms with E-state index in [1.807, 2.05) is 18.2 Å². The predicted molar refractivity (Wildman–Crippen MR) is 90.4 cm³/mol. The number of hydrogen-bond donors (Lipinski definition) is 1. The van der Waals surface area contributed by atoms with Crippen molar-refractivity contribution in [3.63, 3.8) is 0 Å². The average molecular weight is 329 g/mol. The van der Waals surface area contributed by atoms with Crippen LogP contribution in [0.5, 0.6) is 0 Å². The molecule has 3 rings (SSSR count). The van der Waals surface area contributed by atoms with E-state index in [4.69, 9.17) is 11.6 Å². The Bertz CT molecular complexity index is 773. The number of carbonyl (C=O) groups is 2. The van der Waals surface area contributed by atoms with Crippen LogP contribution in [0.3, 0.4) is 0 Å². The van der Waals surface area contributed by atoms with Crippen LogP contribution in [0.15, 0.2) is 42.5 Å². The summed E-state index contributed by atoms with van der Waals surface area (Å²) in [6.45, 7) is 2.83. The normalized spacial score (nSPS) is 13.4. The van der Waals surface area contributed by atoms with E-state index in [0.717, 1.165) is 17.5 Å². The van der Waals surface area contributed by atoms with E-state index in [-0.39, 0.29) is 0 Å². The van der Waals surface area contributed by atoms with Crippen LogP contribution in [-0.2, 0) is 22.6 Å². The molecule has 0 fully saturated rings. The van der Waals surface area contributed by atoms with Crippen LogP contribution in [-0.4, -0.2) is 23.3 Å². The van der Waals surface area contributed by atoms with Gasteiger partial charge in [-0.2, -0.15) is 0 Å². The fourth-order valence-corrected chi connectivity index (χ4v) is 2.91. The van der Waals surface area contributed by atoms with Gasteiger partial charge in [0, 0.05) is 23.8 Å². The number of amides is 2. The standard InChI is InChI=1S/C18H17ClN2O2/c1-12-15(19)7-4-8-16(12)20-17(22)18(23)21-10-9-13-5-2-3-6-14(13)11-21/h2-8H,9-11H2,1H3,(H,20,22). The van der Waals surface area contributed by atoms with Crippen LogP contribution in [0.4, 0.5) is 5.69 Å². The smallest absolute Gasteiger partial charge is 0.313 e. The van der Waals surface area contributed by atoms with Gasteiger partial charge in [-0.1, -0.05) is 41.9 Å². The molecule has 4 nitrogen and oxygen atoms in total. The first-order valence-electron chi connectivity index (χ1n) is 7.48. The Morgan fingerprint density at radius 1 is 1.09 bits per heavy atom. The summed E-state index contributed by atoms with van der Waals surface area (Å²) in [5.41, 5.74) is 3.65. The fourth-order valence-electron chi connectivity index (χ4n) is 2.73. The van der Waals surface area contributed by atoms with Crippen molar-refractivity contribution >= 4 is 29.1 Å². The molecule has 0 aliphatic carbocycles. The predicted octanol–water partition coefficient (Wildman–Crippen LogP) is 3.17. The molecule has 0 aromatic heterocycles.